The van der Waals surface area contributed by atoms with Gasteiger partial charge in [0.15, 0.2) is 0 Å². The van der Waals surface area contributed by atoms with Crippen LogP contribution in [-0.2, 0) is 6.54 Å². The minimum atomic E-state index is -0.922. The highest BCUT2D eigenvalue weighted by Gasteiger charge is 2.16. The molecule has 6 heteroatoms. The first-order valence-corrected chi connectivity index (χ1v) is 3.45. The lowest BCUT2D eigenvalue weighted by atomic mass is 10.2. The smallest absolute Gasteiger partial charge is 0.305 e. The molecule has 5 nitrogen and oxygen atoms in total. The maximum absolute atomic E-state index is 13.1. The van der Waals surface area contributed by atoms with Crippen LogP contribution < -0.4 is 5.48 Å². The van der Waals surface area contributed by atoms with E-state index in [4.69, 9.17) is 5.21 Å². The van der Waals surface area contributed by atoms with E-state index in [0.717, 1.165) is 6.07 Å². The molecule has 0 atom stereocenters. The van der Waals surface area contributed by atoms with Crippen molar-refractivity contribution in [3.63, 3.8) is 0 Å². The van der Waals surface area contributed by atoms with E-state index < -0.39 is 16.4 Å². The van der Waals surface area contributed by atoms with E-state index in [1.54, 1.807) is 5.48 Å². The van der Waals surface area contributed by atoms with Crippen LogP contribution in [0.15, 0.2) is 18.2 Å². The van der Waals surface area contributed by atoms with Gasteiger partial charge >= 0.3 is 5.69 Å². The van der Waals surface area contributed by atoms with E-state index in [0.29, 0.717) is 0 Å². The van der Waals surface area contributed by atoms with Gasteiger partial charge < -0.3 is 5.21 Å². The number of halogens is 1. The van der Waals surface area contributed by atoms with Crippen LogP contribution in [0.5, 0.6) is 0 Å². The topological polar surface area (TPSA) is 75.4 Å². The highest BCUT2D eigenvalue weighted by molar-refractivity contribution is 5.36. The van der Waals surface area contributed by atoms with Gasteiger partial charge in [-0.3, -0.25) is 10.1 Å². The standard InChI is InChI=1S/C7H7FN2O3/c8-7-5(4-9-11)2-1-3-6(7)10(12)13/h1-3,9,11H,4H2. The molecule has 0 aliphatic carbocycles. The highest BCUT2D eigenvalue weighted by Crippen LogP contribution is 2.19. The van der Waals surface area contributed by atoms with Gasteiger partial charge in [-0.15, -0.1) is 0 Å². The van der Waals surface area contributed by atoms with Crippen molar-refractivity contribution < 1.29 is 14.5 Å². The Labute approximate surface area is 72.9 Å². The van der Waals surface area contributed by atoms with Gasteiger partial charge in [-0.2, -0.15) is 4.39 Å². The summed E-state index contributed by atoms with van der Waals surface area (Å²) >= 11 is 0. The maximum Gasteiger partial charge on any atom is 0.305 e. The van der Waals surface area contributed by atoms with Crippen LogP contribution in [-0.4, -0.2) is 10.1 Å². The second-order valence-corrected chi connectivity index (χ2v) is 2.34. The normalized spacial score (nSPS) is 10.0. The van der Waals surface area contributed by atoms with Crippen LogP contribution in [0.3, 0.4) is 0 Å². The molecule has 0 saturated heterocycles. The summed E-state index contributed by atoms with van der Waals surface area (Å²) in [6.45, 7) is -0.159. The largest absolute Gasteiger partial charge is 0.316 e. The number of nitro benzene ring substituents is 1. The molecule has 0 heterocycles. The Balaban J connectivity index is 3.10. The summed E-state index contributed by atoms with van der Waals surface area (Å²) in [5.41, 5.74) is 1.19. The fraction of sp³-hybridized carbons (Fsp3) is 0.143. The van der Waals surface area contributed by atoms with Crippen molar-refractivity contribution in [2.75, 3.05) is 0 Å². The maximum atomic E-state index is 13.1. The molecule has 1 aromatic carbocycles. The van der Waals surface area contributed by atoms with E-state index in [-0.39, 0.29) is 12.1 Å². The molecule has 0 fully saturated rings. The second-order valence-electron chi connectivity index (χ2n) is 2.34. The number of hydrogen-bond donors (Lipinski definition) is 2. The molecule has 0 amide bonds. The lowest BCUT2D eigenvalue weighted by Gasteiger charge is -2.00. The zero-order valence-electron chi connectivity index (χ0n) is 6.53. The van der Waals surface area contributed by atoms with Gasteiger partial charge in [0.1, 0.15) is 0 Å². The number of hydrogen-bond acceptors (Lipinski definition) is 4. The summed E-state index contributed by atoms with van der Waals surface area (Å²) in [5.74, 6) is -0.922. The lowest BCUT2D eigenvalue weighted by Crippen LogP contribution is -2.08. The van der Waals surface area contributed by atoms with E-state index >= 15 is 0 Å². The lowest BCUT2D eigenvalue weighted by molar-refractivity contribution is -0.387. The van der Waals surface area contributed by atoms with Crippen molar-refractivity contribution in [1.29, 1.82) is 0 Å². The van der Waals surface area contributed by atoms with E-state index in [1.165, 1.54) is 12.1 Å². The third kappa shape index (κ3) is 1.98. The van der Waals surface area contributed by atoms with Crippen molar-refractivity contribution >= 4 is 5.69 Å². The number of rotatable bonds is 3. The predicted molar refractivity (Wildman–Crippen MR) is 41.7 cm³/mol. The van der Waals surface area contributed by atoms with E-state index in [1.807, 2.05) is 0 Å². The summed E-state index contributed by atoms with van der Waals surface area (Å²) in [6, 6.07) is 3.77. The molecular formula is C7H7FN2O3. The van der Waals surface area contributed by atoms with Crippen LogP contribution in [0.2, 0.25) is 0 Å². The van der Waals surface area contributed by atoms with Crippen molar-refractivity contribution in [2.45, 2.75) is 6.54 Å². The Kier molecular flexibility index (Phi) is 2.88. The minimum Gasteiger partial charge on any atom is -0.316 e. The van der Waals surface area contributed by atoms with Crippen molar-refractivity contribution in [2.24, 2.45) is 0 Å². The first-order valence-electron chi connectivity index (χ1n) is 3.45. The van der Waals surface area contributed by atoms with E-state index in [9.17, 15) is 14.5 Å². The Morgan fingerprint density at radius 1 is 1.62 bits per heavy atom. The molecule has 0 aliphatic heterocycles. The zero-order valence-corrected chi connectivity index (χ0v) is 6.53. The van der Waals surface area contributed by atoms with Crippen molar-refractivity contribution in [1.82, 2.24) is 5.48 Å². The number of hydroxylamine groups is 1. The van der Waals surface area contributed by atoms with Gasteiger partial charge in [-0.25, -0.2) is 5.48 Å². The first-order chi connectivity index (χ1) is 6.16. The van der Waals surface area contributed by atoms with E-state index in [2.05, 4.69) is 0 Å². The zero-order chi connectivity index (χ0) is 9.84. The summed E-state index contributed by atoms with van der Waals surface area (Å²) < 4.78 is 13.1. The third-order valence-electron chi connectivity index (χ3n) is 1.52. The van der Waals surface area contributed by atoms with Gasteiger partial charge in [-0.1, -0.05) is 12.1 Å². The molecule has 0 bridgehead atoms. The van der Waals surface area contributed by atoms with Gasteiger partial charge in [0.05, 0.1) is 4.92 Å². The fourth-order valence-electron chi connectivity index (χ4n) is 0.929. The Hall–Kier alpha value is -1.53. The first kappa shape index (κ1) is 9.56. The molecule has 2 N–H and O–H groups in total. The van der Waals surface area contributed by atoms with Crippen LogP contribution in [0.1, 0.15) is 5.56 Å². The average molecular weight is 186 g/mol. The molecule has 70 valence electrons. The van der Waals surface area contributed by atoms with Crippen LogP contribution >= 0.6 is 0 Å². The average Bonchev–Trinajstić information content (AvgIpc) is 2.08. The van der Waals surface area contributed by atoms with Gasteiger partial charge in [0.25, 0.3) is 0 Å². The van der Waals surface area contributed by atoms with Crippen LogP contribution in [0.4, 0.5) is 10.1 Å². The number of nitro groups is 1. The van der Waals surface area contributed by atoms with Crippen LogP contribution in [0, 0.1) is 15.9 Å². The van der Waals surface area contributed by atoms with Crippen molar-refractivity contribution in [3.8, 4) is 0 Å². The molecule has 13 heavy (non-hydrogen) atoms. The highest BCUT2D eigenvalue weighted by atomic mass is 19.1. The molecule has 0 spiro atoms. The Morgan fingerprint density at radius 2 is 2.31 bits per heavy atom. The SMILES string of the molecule is O=[N+]([O-])c1cccc(CNO)c1F. The molecule has 0 unspecified atom stereocenters. The molecule has 1 rings (SSSR count). The quantitative estimate of drug-likeness (QED) is 0.549. The molecular weight excluding hydrogens is 179 g/mol. The molecule has 0 aromatic heterocycles. The second kappa shape index (κ2) is 3.92. The Morgan fingerprint density at radius 3 is 2.85 bits per heavy atom. The molecule has 1 aromatic rings. The third-order valence-corrected chi connectivity index (χ3v) is 1.52. The summed E-state index contributed by atoms with van der Waals surface area (Å²) in [6.07, 6.45) is 0. The summed E-state index contributed by atoms with van der Waals surface area (Å²) in [7, 11) is 0. The Bertz CT molecular complexity index is 330. The number of benzene rings is 1. The number of nitrogens with one attached hydrogen (secondary N) is 1. The molecule has 0 aliphatic rings. The summed E-state index contributed by atoms with van der Waals surface area (Å²) in [4.78, 5) is 9.45. The predicted octanol–water partition coefficient (Wildman–Crippen LogP) is 1.21. The van der Waals surface area contributed by atoms with Gasteiger partial charge in [-0.05, 0) is 0 Å². The fourth-order valence-corrected chi connectivity index (χ4v) is 0.929. The van der Waals surface area contributed by atoms with Crippen LogP contribution in [0.25, 0.3) is 0 Å². The van der Waals surface area contributed by atoms with Crippen molar-refractivity contribution in [3.05, 3.63) is 39.7 Å². The number of nitrogens with zero attached hydrogens (tertiary/aromatic N) is 1. The molecule has 0 saturated carbocycles. The van der Waals surface area contributed by atoms with Gasteiger partial charge in [0.2, 0.25) is 5.82 Å². The monoisotopic (exact) mass is 186 g/mol. The minimum absolute atomic E-state index is 0.0525. The summed E-state index contributed by atoms with van der Waals surface area (Å²) in [5, 5.41) is 18.5. The molecule has 0 radical (unpaired) electrons. The van der Waals surface area contributed by atoms with Gasteiger partial charge in [0, 0.05) is 18.2 Å².